The molecule has 4 nitrogen and oxygen atoms in total. The molecule has 2 aliphatic heterocycles. The molecule has 2 heterocycles. The van der Waals surface area contributed by atoms with E-state index in [9.17, 15) is 0 Å². The number of ether oxygens (including phenoxy) is 4. The van der Waals surface area contributed by atoms with E-state index < -0.39 is 6.58 Å². The molecule has 17 heavy (non-hydrogen) atoms. The van der Waals surface area contributed by atoms with Gasteiger partial charge in [0.25, 0.3) is 0 Å². The first-order valence-electron chi connectivity index (χ1n) is 6.30. The van der Waals surface area contributed by atoms with Crippen LogP contribution >= 0.6 is 0 Å². The third-order valence-corrected chi connectivity index (χ3v) is 3.02. The van der Waals surface area contributed by atoms with E-state index >= 15 is 0 Å². The lowest BCUT2D eigenvalue weighted by atomic mass is 10.2. The van der Waals surface area contributed by atoms with Gasteiger partial charge in [-0.2, -0.15) is 0 Å². The molecule has 92 valence electrons. The topological polar surface area (TPSA) is 40.2 Å². The van der Waals surface area contributed by atoms with Gasteiger partial charge in [-0.05, 0) is 5.56 Å². The Hall–Kier alpha value is -0.940. The number of hydrogen-bond acceptors (Lipinski definition) is 4. The number of hydrogen-bond donors (Lipinski definition) is 0. The lowest BCUT2D eigenvalue weighted by molar-refractivity contribution is -0.171. The van der Waals surface area contributed by atoms with Crippen LogP contribution in [0.1, 0.15) is 6.93 Å². The highest BCUT2D eigenvalue weighted by molar-refractivity contribution is 5.13. The van der Waals surface area contributed by atoms with E-state index in [0.717, 1.165) is 5.56 Å². The lowest BCUT2D eigenvalue weighted by Gasteiger charge is -2.16. The van der Waals surface area contributed by atoms with Crippen molar-refractivity contribution >= 4 is 0 Å². The minimum Gasteiger partial charge on any atom is -0.374 e. The predicted molar refractivity (Wildman–Crippen MR) is 60.4 cm³/mol. The van der Waals surface area contributed by atoms with E-state index in [1.165, 1.54) is 0 Å². The van der Waals surface area contributed by atoms with Crippen LogP contribution in [-0.4, -0.2) is 38.3 Å². The quantitative estimate of drug-likeness (QED) is 0.725. The Bertz CT molecular complexity index is 399. The highest BCUT2D eigenvalue weighted by atomic mass is 16.8. The van der Waals surface area contributed by atoms with Crippen LogP contribution in [0, 0.1) is 0 Å². The van der Waals surface area contributed by atoms with Gasteiger partial charge in [-0.1, -0.05) is 30.3 Å². The average molecular weight is 237 g/mol. The zero-order valence-electron chi connectivity index (χ0n) is 10.6. The molecule has 2 saturated heterocycles. The second-order valence-electron chi connectivity index (χ2n) is 4.21. The smallest absolute Gasteiger partial charge is 0.186 e. The molecular weight excluding hydrogens is 220 g/mol. The van der Waals surface area contributed by atoms with Gasteiger partial charge in [0.15, 0.2) is 6.29 Å². The van der Waals surface area contributed by atoms with Crippen molar-refractivity contribution in [1.29, 1.82) is 0 Å². The summed E-state index contributed by atoms with van der Waals surface area (Å²) in [4.78, 5) is 0. The average Bonchev–Trinajstić information content (AvgIpc) is 3.14. The Balaban J connectivity index is 1.50. The van der Waals surface area contributed by atoms with Crippen LogP contribution in [0.25, 0.3) is 0 Å². The third kappa shape index (κ3) is 2.35. The first-order valence-corrected chi connectivity index (χ1v) is 5.72. The van der Waals surface area contributed by atoms with Crippen LogP contribution in [0.4, 0.5) is 0 Å². The summed E-state index contributed by atoms with van der Waals surface area (Å²) in [6, 6.07) is 9.46. The maximum atomic E-state index is 7.90. The molecule has 3 rings (SSSR count). The molecule has 5 atom stereocenters. The van der Waals surface area contributed by atoms with Gasteiger partial charge in [0.05, 0.1) is 14.6 Å². The SMILES string of the molecule is [2H]C(OC[C@H]1OC(OC)[C@H]2O[C@H]21)c1ccccc1. The van der Waals surface area contributed by atoms with Gasteiger partial charge in [0, 0.05) is 7.11 Å². The van der Waals surface area contributed by atoms with E-state index in [1.807, 2.05) is 30.3 Å². The fourth-order valence-electron chi connectivity index (χ4n) is 2.08. The molecule has 0 N–H and O–H groups in total. The first-order chi connectivity index (χ1) is 8.79. The minimum atomic E-state index is -0.686. The van der Waals surface area contributed by atoms with Crippen LogP contribution in [0.2, 0.25) is 0 Å². The maximum Gasteiger partial charge on any atom is 0.186 e. The summed E-state index contributed by atoms with van der Waals surface area (Å²) < 4.78 is 29.6. The van der Waals surface area contributed by atoms with Gasteiger partial charge >= 0.3 is 0 Å². The van der Waals surface area contributed by atoms with E-state index in [1.54, 1.807) is 7.11 Å². The predicted octanol–water partition coefficient (Wildman–Crippen LogP) is 1.34. The molecule has 0 bridgehead atoms. The van der Waals surface area contributed by atoms with E-state index in [0.29, 0.717) is 6.61 Å². The van der Waals surface area contributed by atoms with E-state index in [4.69, 9.17) is 20.3 Å². The van der Waals surface area contributed by atoms with Crippen LogP contribution in [0.15, 0.2) is 30.3 Å². The third-order valence-electron chi connectivity index (χ3n) is 3.02. The van der Waals surface area contributed by atoms with Crippen LogP contribution < -0.4 is 0 Å². The van der Waals surface area contributed by atoms with Crippen molar-refractivity contribution in [1.82, 2.24) is 0 Å². The minimum absolute atomic E-state index is 0.0458. The summed E-state index contributed by atoms with van der Waals surface area (Å²) in [6.07, 6.45) is -0.302. The molecule has 0 spiro atoms. The second-order valence-corrected chi connectivity index (χ2v) is 4.21. The Morgan fingerprint density at radius 3 is 2.76 bits per heavy atom. The van der Waals surface area contributed by atoms with Crippen molar-refractivity contribution in [3.8, 4) is 0 Å². The molecule has 0 aliphatic carbocycles. The van der Waals surface area contributed by atoms with Crippen molar-refractivity contribution in [3.63, 3.8) is 0 Å². The van der Waals surface area contributed by atoms with E-state index in [-0.39, 0.29) is 24.6 Å². The highest BCUT2D eigenvalue weighted by Crippen LogP contribution is 2.39. The molecular formula is C13H16O4. The molecule has 1 aromatic carbocycles. The Labute approximate surface area is 102 Å². The Kier molecular flexibility index (Phi) is 2.80. The van der Waals surface area contributed by atoms with Gasteiger partial charge < -0.3 is 18.9 Å². The summed E-state index contributed by atoms with van der Waals surface area (Å²) >= 11 is 0. The van der Waals surface area contributed by atoms with Crippen molar-refractivity contribution in [3.05, 3.63) is 35.9 Å². The number of methoxy groups -OCH3 is 1. The van der Waals surface area contributed by atoms with Crippen molar-refractivity contribution in [2.24, 2.45) is 0 Å². The van der Waals surface area contributed by atoms with Gasteiger partial charge in [-0.15, -0.1) is 0 Å². The van der Waals surface area contributed by atoms with Gasteiger partial charge in [-0.3, -0.25) is 0 Å². The summed E-state index contributed by atoms with van der Waals surface area (Å²) in [5, 5.41) is 0. The number of rotatable bonds is 5. The fourth-order valence-corrected chi connectivity index (χ4v) is 2.08. The highest BCUT2D eigenvalue weighted by Gasteiger charge is 2.58. The number of epoxide rings is 1. The van der Waals surface area contributed by atoms with Crippen LogP contribution in [-0.2, 0) is 25.5 Å². The zero-order valence-corrected chi connectivity index (χ0v) is 9.61. The zero-order chi connectivity index (χ0) is 12.5. The van der Waals surface area contributed by atoms with E-state index in [2.05, 4.69) is 0 Å². The standard InChI is InChI=1S/C13H16O4/c1-14-13-12-11(17-12)10(16-13)8-15-7-9-5-3-2-4-6-9/h2-6,10-13H,7-8H2,1H3/t10-,11+,12+,13?/m1/s1/i7D/t7?,10-,11+,12+,13?. The molecule has 2 aliphatic rings. The molecule has 0 aromatic heterocycles. The van der Waals surface area contributed by atoms with Crippen LogP contribution in [0.5, 0.6) is 0 Å². The summed E-state index contributed by atoms with van der Waals surface area (Å²) in [5.74, 6) is 0. The molecule has 2 unspecified atom stereocenters. The van der Waals surface area contributed by atoms with Gasteiger partial charge in [-0.25, -0.2) is 0 Å². The van der Waals surface area contributed by atoms with Gasteiger partial charge in [0.2, 0.25) is 0 Å². The normalized spacial score (nSPS) is 37.4. The number of benzene rings is 1. The van der Waals surface area contributed by atoms with Crippen molar-refractivity contribution in [2.45, 2.75) is 31.2 Å². The molecule has 0 amide bonds. The monoisotopic (exact) mass is 237 g/mol. The van der Waals surface area contributed by atoms with Crippen molar-refractivity contribution in [2.75, 3.05) is 13.7 Å². The lowest BCUT2D eigenvalue weighted by Crippen LogP contribution is -2.25. The molecule has 0 radical (unpaired) electrons. The summed E-state index contributed by atoms with van der Waals surface area (Å²) in [7, 11) is 1.60. The molecule has 2 fully saturated rings. The molecule has 0 saturated carbocycles. The first kappa shape index (κ1) is 10.0. The Morgan fingerprint density at radius 2 is 2.06 bits per heavy atom. The largest absolute Gasteiger partial charge is 0.374 e. The molecule has 4 heteroatoms. The Morgan fingerprint density at radius 1 is 1.24 bits per heavy atom. The second kappa shape index (κ2) is 4.74. The fraction of sp³-hybridized carbons (Fsp3) is 0.538. The van der Waals surface area contributed by atoms with Gasteiger partial charge in [0.1, 0.15) is 18.3 Å². The van der Waals surface area contributed by atoms with Crippen molar-refractivity contribution < 1.29 is 20.3 Å². The summed E-state index contributed by atoms with van der Waals surface area (Å²) in [5.41, 5.74) is 0.840. The molecule has 1 aromatic rings. The number of fused-ring (bicyclic) bond motifs is 1. The maximum absolute atomic E-state index is 7.90. The summed E-state index contributed by atoms with van der Waals surface area (Å²) in [6.45, 7) is -0.335. The van der Waals surface area contributed by atoms with Crippen LogP contribution in [0.3, 0.4) is 0 Å².